The molecule has 0 radical (unpaired) electrons. The third-order valence-corrected chi connectivity index (χ3v) is 4.39. The van der Waals surface area contributed by atoms with Crippen LogP contribution in [0.5, 0.6) is 5.75 Å². The summed E-state index contributed by atoms with van der Waals surface area (Å²) in [6.07, 6.45) is 1.98. The summed E-state index contributed by atoms with van der Waals surface area (Å²) >= 11 is 0. The number of nitrogens with zero attached hydrogens (tertiary/aromatic N) is 1. The highest BCUT2D eigenvalue weighted by atomic mass is 32.2. The summed E-state index contributed by atoms with van der Waals surface area (Å²) in [4.78, 5) is 4.21. The number of hydrogen-bond acceptors (Lipinski definition) is 5. The van der Waals surface area contributed by atoms with Gasteiger partial charge in [-0.1, -0.05) is 0 Å². The van der Waals surface area contributed by atoms with E-state index in [2.05, 4.69) is 10.3 Å². The van der Waals surface area contributed by atoms with Crippen LogP contribution in [-0.4, -0.2) is 38.1 Å². The molecule has 1 fully saturated rings. The zero-order chi connectivity index (χ0) is 12.3. The second-order valence-electron chi connectivity index (χ2n) is 4.16. The van der Waals surface area contributed by atoms with Crippen LogP contribution in [0.15, 0.2) is 18.3 Å². The first-order valence-corrected chi connectivity index (χ1v) is 7.38. The monoisotopic (exact) mass is 256 g/mol. The molecule has 0 bridgehead atoms. The van der Waals surface area contributed by atoms with Gasteiger partial charge in [-0.05, 0) is 25.6 Å². The van der Waals surface area contributed by atoms with E-state index in [0.29, 0.717) is 18.7 Å². The van der Waals surface area contributed by atoms with Gasteiger partial charge < -0.3 is 10.1 Å². The van der Waals surface area contributed by atoms with Gasteiger partial charge in [0.05, 0.1) is 23.4 Å². The van der Waals surface area contributed by atoms with Crippen molar-refractivity contribution in [1.82, 2.24) is 10.3 Å². The van der Waals surface area contributed by atoms with Gasteiger partial charge in [0, 0.05) is 6.54 Å². The number of ether oxygens (including phenoxy) is 1. The molecule has 17 heavy (non-hydrogen) atoms. The molecule has 0 aliphatic carbocycles. The maximum absolute atomic E-state index is 11.3. The van der Waals surface area contributed by atoms with E-state index in [0.717, 1.165) is 5.69 Å². The summed E-state index contributed by atoms with van der Waals surface area (Å²) in [6.45, 7) is 0.706. The van der Waals surface area contributed by atoms with Crippen molar-refractivity contribution in [3.8, 4) is 5.75 Å². The lowest BCUT2D eigenvalue weighted by atomic mass is 10.3. The van der Waals surface area contributed by atoms with Gasteiger partial charge in [-0.15, -0.1) is 0 Å². The van der Waals surface area contributed by atoms with Crippen LogP contribution in [0.25, 0.3) is 0 Å². The molecule has 1 aliphatic heterocycles. The Kier molecular flexibility index (Phi) is 3.63. The summed E-state index contributed by atoms with van der Waals surface area (Å²) in [5, 5.41) is 3.00. The van der Waals surface area contributed by atoms with Crippen LogP contribution in [0.1, 0.15) is 12.1 Å². The van der Waals surface area contributed by atoms with Crippen molar-refractivity contribution in [3.63, 3.8) is 0 Å². The van der Waals surface area contributed by atoms with Crippen LogP contribution in [0, 0.1) is 0 Å². The van der Waals surface area contributed by atoms with E-state index in [-0.39, 0.29) is 17.6 Å². The second-order valence-corrected chi connectivity index (χ2v) is 6.39. The highest BCUT2D eigenvalue weighted by molar-refractivity contribution is 7.91. The molecule has 0 aromatic carbocycles. The number of rotatable bonds is 4. The quantitative estimate of drug-likeness (QED) is 0.843. The Labute approximate surface area is 101 Å². The van der Waals surface area contributed by atoms with Crippen molar-refractivity contribution in [1.29, 1.82) is 0 Å². The van der Waals surface area contributed by atoms with Crippen molar-refractivity contribution in [3.05, 3.63) is 24.0 Å². The normalized spacial score (nSPS) is 22.5. The van der Waals surface area contributed by atoms with Crippen molar-refractivity contribution >= 4 is 9.84 Å². The molecular formula is C11H16N2O3S. The Morgan fingerprint density at radius 3 is 2.88 bits per heavy atom. The minimum atomic E-state index is -2.89. The fourth-order valence-corrected chi connectivity index (χ4v) is 3.40. The van der Waals surface area contributed by atoms with Crippen molar-refractivity contribution < 1.29 is 13.2 Å². The molecule has 2 heterocycles. The Morgan fingerprint density at radius 1 is 1.53 bits per heavy atom. The lowest BCUT2D eigenvalue weighted by molar-refractivity contribution is 0.228. The first kappa shape index (κ1) is 12.3. The van der Waals surface area contributed by atoms with Gasteiger partial charge in [-0.2, -0.15) is 0 Å². The van der Waals surface area contributed by atoms with Gasteiger partial charge in [-0.3, -0.25) is 4.98 Å². The maximum atomic E-state index is 11.3. The summed E-state index contributed by atoms with van der Waals surface area (Å²) in [6, 6.07) is 3.69. The molecular weight excluding hydrogens is 240 g/mol. The fourth-order valence-electron chi connectivity index (χ4n) is 1.81. The summed E-state index contributed by atoms with van der Waals surface area (Å²) in [7, 11) is -1.03. The lowest BCUT2D eigenvalue weighted by Gasteiger charge is -2.11. The van der Waals surface area contributed by atoms with Gasteiger partial charge in [-0.25, -0.2) is 8.42 Å². The molecule has 1 unspecified atom stereocenters. The summed E-state index contributed by atoms with van der Waals surface area (Å²) in [5.74, 6) is 0.973. The zero-order valence-electron chi connectivity index (χ0n) is 9.72. The fraction of sp³-hybridized carbons (Fsp3) is 0.545. The number of pyridine rings is 1. The van der Waals surface area contributed by atoms with E-state index in [9.17, 15) is 8.42 Å². The lowest BCUT2D eigenvalue weighted by Crippen LogP contribution is -2.18. The van der Waals surface area contributed by atoms with E-state index < -0.39 is 9.84 Å². The minimum Gasteiger partial charge on any atom is -0.488 e. The molecule has 1 atom stereocenters. The Balaban J connectivity index is 1.95. The highest BCUT2D eigenvalue weighted by Gasteiger charge is 2.29. The second kappa shape index (κ2) is 5.01. The average Bonchev–Trinajstić information content (AvgIpc) is 2.61. The van der Waals surface area contributed by atoms with E-state index in [1.54, 1.807) is 6.20 Å². The van der Waals surface area contributed by atoms with E-state index in [1.165, 1.54) is 0 Å². The Bertz CT molecular complexity index is 470. The van der Waals surface area contributed by atoms with Crippen LogP contribution in [0.3, 0.4) is 0 Å². The van der Waals surface area contributed by atoms with E-state index in [1.807, 2.05) is 19.2 Å². The maximum Gasteiger partial charge on any atom is 0.154 e. The molecule has 1 aromatic heterocycles. The smallest absolute Gasteiger partial charge is 0.154 e. The van der Waals surface area contributed by atoms with Crippen LogP contribution < -0.4 is 10.1 Å². The first-order valence-electron chi connectivity index (χ1n) is 5.56. The molecule has 5 nitrogen and oxygen atoms in total. The molecule has 1 N–H and O–H groups in total. The highest BCUT2D eigenvalue weighted by Crippen LogP contribution is 2.19. The number of sulfone groups is 1. The third-order valence-electron chi connectivity index (χ3n) is 2.65. The zero-order valence-corrected chi connectivity index (χ0v) is 10.5. The van der Waals surface area contributed by atoms with Crippen molar-refractivity contribution in [2.45, 2.75) is 19.1 Å². The van der Waals surface area contributed by atoms with Gasteiger partial charge >= 0.3 is 0 Å². The topological polar surface area (TPSA) is 68.3 Å². The van der Waals surface area contributed by atoms with E-state index in [4.69, 9.17) is 4.74 Å². The van der Waals surface area contributed by atoms with Crippen LogP contribution in [0.2, 0.25) is 0 Å². The van der Waals surface area contributed by atoms with Gasteiger partial charge in [0.1, 0.15) is 11.9 Å². The van der Waals surface area contributed by atoms with Crippen LogP contribution in [0.4, 0.5) is 0 Å². The molecule has 1 saturated heterocycles. The molecule has 6 heteroatoms. The Morgan fingerprint density at radius 2 is 2.35 bits per heavy atom. The molecule has 1 aliphatic rings. The summed E-state index contributed by atoms with van der Waals surface area (Å²) < 4.78 is 28.1. The number of nitrogens with one attached hydrogen (secondary N) is 1. The SMILES string of the molecule is CNCc1ccc(OC2CCS(=O)(=O)C2)cn1. The number of aromatic nitrogens is 1. The molecule has 1 aromatic rings. The molecule has 0 saturated carbocycles. The van der Waals surface area contributed by atoms with Crippen molar-refractivity contribution in [2.75, 3.05) is 18.6 Å². The van der Waals surface area contributed by atoms with Gasteiger partial charge in [0.2, 0.25) is 0 Å². The Hall–Kier alpha value is -1.14. The average molecular weight is 256 g/mol. The number of hydrogen-bond donors (Lipinski definition) is 1. The minimum absolute atomic E-state index is 0.116. The van der Waals surface area contributed by atoms with E-state index >= 15 is 0 Å². The summed E-state index contributed by atoms with van der Waals surface area (Å²) in [5.41, 5.74) is 0.930. The first-order chi connectivity index (χ1) is 8.09. The molecule has 2 rings (SSSR count). The standard InChI is InChI=1S/C11H16N2O3S/c1-12-6-9-2-3-10(7-13-9)16-11-4-5-17(14,15)8-11/h2-3,7,11-12H,4-6,8H2,1H3. The predicted octanol–water partition coefficient (Wildman–Crippen LogP) is 0.367. The van der Waals surface area contributed by atoms with Crippen LogP contribution >= 0.6 is 0 Å². The van der Waals surface area contributed by atoms with Gasteiger partial charge in [0.25, 0.3) is 0 Å². The largest absolute Gasteiger partial charge is 0.488 e. The van der Waals surface area contributed by atoms with Crippen LogP contribution in [-0.2, 0) is 16.4 Å². The van der Waals surface area contributed by atoms with Crippen molar-refractivity contribution in [2.24, 2.45) is 0 Å². The third kappa shape index (κ3) is 3.41. The van der Waals surface area contributed by atoms with Gasteiger partial charge in [0.15, 0.2) is 9.84 Å². The molecule has 0 amide bonds. The molecule has 0 spiro atoms. The predicted molar refractivity (Wildman–Crippen MR) is 64.7 cm³/mol. The molecule has 94 valence electrons.